The molecule has 3 fully saturated rings. The highest BCUT2D eigenvalue weighted by molar-refractivity contribution is 6.01. The number of rotatable bonds is 3. The van der Waals surface area contributed by atoms with Crippen LogP contribution in [0.2, 0.25) is 0 Å². The second kappa shape index (κ2) is 9.31. The molecule has 0 unspecified atom stereocenters. The summed E-state index contributed by atoms with van der Waals surface area (Å²) in [6.07, 6.45) is 5.00. The smallest absolute Gasteiger partial charge is 0.341 e. The highest BCUT2D eigenvalue weighted by atomic mass is 19.3. The Morgan fingerprint density at radius 3 is 2.39 bits per heavy atom. The molecule has 0 radical (unpaired) electrons. The molecule has 9 heteroatoms. The first-order valence-electron chi connectivity index (χ1n) is 14.7. The van der Waals surface area contributed by atoms with E-state index in [1.165, 1.54) is 0 Å². The highest BCUT2D eigenvalue weighted by Gasteiger charge is 2.70. The molecule has 0 bridgehead atoms. The van der Waals surface area contributed by atoms with Crippen LogP contribution >= 0.6 is 0 Å². The lowest BCUT2D eigenvalue weighted by Crippen LogP contribution is -2.65. The lowest BCUT2D eigenvalue weighted by Gasteiger charge is -2.68. The van der Waals surface area contributed by atoms with Gasteiger partial charge in [-0.3, -0.25) is 4.79 Å². The third kappa shape index (κ3) is 3.99. The molecule has 5 aliphatic rings. The minimum Gasteiger partial charge on any atom is -0.380 e. The van der Waals surface area contributed by atoms with E-state index < -0.39 is 45.8 Å². The van der Waals surface area contributed by atoms with Gasteiger partial charge in [-0.1, -0.05) is 58.3 Å². The molecule has 0 aliphatic heterocycles. The van der Waals surface area contributed by atoms with Crippen molar-refractivity contribution >= 4 is 23.4 Å². The Hall–Kier alpha value is -2.89. The van der Waals surface area contributed by atoms with Crippen LogP contribution in [0.4, 0.5) is 8.78 Å². The second-order valence-electron chi connectivity index (χ2n) is 14.7. The molecule has 0 saturated heterocycles. The van der Waals surface area contributed by atoms with Crippen molar-refractivity contribution in [2.45, 2.75) is 92.9 Å². The van der Waals surface area contributed by atoms with Gasteiger partial charge < -0.3 is 15.4 Å². The van der Waals surface area contributed by atoms with Crippen molar-refractivity contribution in [2.24, 2.45) is 61.6 Å². The zero-order valence-electron chi connectivity index (χ0n) is 24.9. The molecule has 8 atom stereocenters. The maximum absolute atomic E-state index is 14.4. The van der Waals surface area contributed by atoms with E-state index in [9.17, 15) is 23.2 Å². The summed E-state index contributed by atoms with van der Waals surface area (Å²) < 4.78 is 26.0. The fourth-order valence-electron chi connectivity index (χ4n) is 9.81. The fourth-order valence-corrected chi connectivity index (χ4v) is 9.81. The standard InChI is InChI=1S/C32H41F2N3O4/c1-17-18-8-9-30(5)22(29(18,4)16-20(36-7)24(17)39)14-21(38)23-19-15-28(2,3)10-12-32(19,13-11-31(23,30)6)27(40)41-37-26(35)25(33)34/h14,16-19,23,25H,8-13,15H2,1-6H3,(H2,35,37)/t17-,18-,19-,23-,29-,30+,31+,32-/m0/s1. The normalized spacial score (nSPS) is 43.5. The van der Waals surface area contributed by atoms with E-state index in [1.54, 1.807) is 6.08 Å². The Balaban J connectivity index is 1.63. The Morgan fingerprint density at radius 2 is 1.76 bits per heavy atom. The first-order chi connectivity index (χ1) is 19.0. The van der Waals surface area contributed by atoms with Crippen LogP contribution in [0.15, 0.2) is 28.6 Å². The van der Waals surface area contributed by atoms with E-state index in [-0.39, 0.29) is 40.4 Å². The van der Waals surface area contributed by atoms with Crippen molar-refractivity contribution in [3.05, 3.63) is 34.8 Å². The zero-order chi connectivity index (χ0) is 30.3. The maximum atomic E-state index is 14.4. The number of ketones is 2. The molecule has 7 nitrogen and oxygen atoms in total. The van der Waals surface area contributed by atoms with Gasteiger partial charge in [0.2, 0.25) is 11.5 Å². The number of allylic oxidation sites excluding steroid dienone is 4. The molecule has 2 N–H and O–H groups in total. The summed E-state index contributed by atoms with van der Waals surface area (Å²) in [7, 11) is 0. The average molecular weight is 570 g/mol. The van der Waals surface area contributed by atoms with Gasteiger partial charge in [-0.25, -0.2) is 18.4 Å². The van der Waals surface area contributed by atoms with Crippen LogP contribution in [0.3, 0.4) is 0 Å². The quantitative estimate of drug-likeness (QED) is 0.142. The minimum absolute atomic E-state index is 0.00259. The third-order valence-electron chi connectivity index (χ3n) is 12.4. The second-order valence-corrected chi connectivity index (χ2v) is 14.7. The summed E-state index contributed by atoms with van der Waals surface area (Å²) in [5.74, 6) is -3.04. The van der Waals surface area contributed by atoms with Crippen molar-refractivity contribution in [1.29, 1.82) is 0 Å². The number of amidine groups is 1. The zero-order valence-corrected chi connectivity index (χ0v) is 24.9. The molecule has 0 aromatic rings. The van der Waals surface area contributed by atoms with Crippen LogP contribution in [0, 0.1) is 57.3 Å². The number of Topliss-reactive ketones (excluding diaryl/α,β-unsaturated/α-hetero) is 1. The molecule has 0 aromatic carbocycles. The van der Waals surface area contributed by atoms with Crippen LogP contribution in [0.25, 0.3) is 4.85 Å². The summed E-state index contributed by atoms with van der Waals surface area (Å²) in [5.41, 5.74) is 3.74. The Labute approximate surface area is 240 Å². The largest absolute Gasteiger partial charge is 0.380 e. The molecule has 222 valence electrons. The SMILES string of the molecule is [C-]#[N+]C1=C[C@]2(C)C3=CC(=O)[C@@H]4[C@@H]5CC(C)(C)CC[C@]5(C(=O)O/N=C(\N)C(F)F)CC[C@@]4(C)[C@]3(C)CC[C@H]2[C@H](C)C1=O. The average Bonchev–Trinajstić information content (AvgIpc) is 2.90. The number of hydrogen-bond acceptors (Lipinski definition) is 5. The van der Waals surface area contributed by atoms with Crippen LogP contribution in [-0.4, -0.2) is 29.8 Å². The van der Waals surface area contributed by atoms with Crippen molar-refractivity contribution in [3.63, 3.8) is 0 Å². The Kier molecular flexibility index (Phi) is 6.72. The molecular formula is C32H41F2N3O4. The summed E-state index contributed by atoms with van der Waals surface area (Å²) in [4.78, 5) is 49.7. The topological polar surface area (TPSA) is 103 Å². The lowest BCUT2D eigenvalue weighted by molar-refractivity contribution is -0.192. The van der Waals surface area contributed by atoms with Gasteiger partial charge in [0.05, 0.1) is 12.0 Å². The molecule has 0 spiro atoms. The van der Waals surface area contributed by atoms with E-state index in [0.717, 1.165) is 24.8 Å². The summed E-state index contributed by atoms with van der Waals surface area (Å²) in [6.45, 7) is 20.3. The molecular weight excluding hydrogens is 528 g/mol. The number of oxime groups is 1. The van der Waals surface area contributed by atoms with Crippen LogP contribution in [-0.2, 0) is 19.2 Å². The van der Waals surface area contributed by atoms with E-state index in [2.05, 4.69) is 44.6 Å². The molecule has 41 heavy (non-hydrogen) atoms. The molecule has 0 aromatic heterocycles. The Morgan fingerprint density at radius 1 is 1.10 bits per heavy atom. The molecule has 3 saturated carbocycles. The number of alkyl halides is 2. The van der Waals surface area contributed by atoms with E-state index >= 15 is 0 Å². The van der Waals surface area contributed by atoms with Gasteiger partial charge in [-0.2, -0.15) is 0 Å². The first kappa shape index (κ1) is 29.6. The van der Waals surface area contributed by atoms with Crippen molar-refractivity contribution < 1.29 is 28.0 Å². The van der Waals surface area contributed by atoms with E-state index in [0.29, 0.717) is 25.7 Å². The first-order valence-corrected chi connectivity index (χ1v) is 14.7. The number of carbonyl (C=O) groups excluding carboxylic acids is 3. The summed E-state index contributed by atoms with van der Waals surface area (Å²) in [5, 5.41) is 3.26. The van der Waals surface area contributed by atoms with Gasteiger partial charge in [-0.05, 0) is 79.1 Å². The van der Waals surface area contributed by atoms with Gasteiger partial charge in [0.15, 0.2) is 11.6 Å². The van der Waals surface area contributed by atoms with E-state index in [4.69, 9.17) is 17.1 Å². The van der Waals surface area contributed by atoms with Crippen LogP contribution < -0.4 is 5.73 Å². The van der Waals surface area contributed by atoms with Gasteiger partial charge in [0.25, 0.3) is 6.43 Å². The molecule has 5 aliphatic carbocycles. The minimum atomic E-state index is -3.04. The summed E-state index contributed by atoms with van der Waals surface area (Å²) in [6, 6.07) is 0. The number of fused-ring (bicyclic) bond motifs is 7. The van der Waals surface area contributed by atoms with Crippen molar-refractivity contribution in [2.75, 3.05) is 0 Å². The summed E-state index contributed by atoms with van der Waals surface area (Å²) >= 11 is 0. The van der Waals surface area contributed by atoms with Gasteiger partial charge in [-0.15, -0.1) is 0 Å². The predicted octanol–water partition coefficient (Wildman–Crippen LogP) is 6.25. The van der Waals surface area contributed by atoms with Crippen LogP contribution in [0.5, 0.6) is 0 Å². The number of carbonyl (C=O) groups is 3. The van der Waals surface area contributed by atoms with Crippen molar-refractivity contribution in [1.82, 2.24) is 0 Å². The van der Waals surface area contributed by atoms with Gasteiger partial charge in [0, 0.05) is 17.3 Å². The fraction of sp³-hybridized carbons (Fsp3) is 0.719. The van der Waals surface area contributed by atoms with Crippen molar-refractivity contribution in [3.8, 4) is 0 Å². The maximum Gasteiger partial charge on any atom is 0.341 e. The molecule has 0 heterocycles. The van der Waals surface area contributed by atoms with Crippen LogP contribution in [0.1, 0.15) is 86.5 Å². The number of nitrogens with two attached hydrogens (primary N) is 1. The number of halogens is 2. The highest BCUT2D eigenvalue weighted by Crippen LogP contribution is 2.74. The number of hydrogen-bond donors (Lipinski definition) is 1. The molecule has 5 rings (SSSR count). The van der Waals surface area contributed by atoms with E-state index in [1.807, 2.05) is 13.0 Å². The van der Waals surface area contributed by atoms with Gasteiger partial charge >= 0.3 is 5.97 Å². The lowest BCUT2D eigenvalue weighted by atomic mass is 9.35. The third-order valence-corrected chi connectivity index (χ3v) is 12.4. The number of nitrogens with zero attached hydrogens (tertiary/aromatic N) is 2. The Bertz CT molecular complexity index is 1340. The monoisotopic (exact) mass is 569 g/mol. The molecule has 0 amide bonds. The predicted molar refractivity (Wildman–Crippen MR) is 149 cm³/mol. The van der Waals surface area contributed by atoms with Gasteiger partial charge in [0.1, 0.15) is 0 Å².